The van der Waals surface area contributed by atoms with E-state index in [-0.39, 0.29) is 21.7 Å². The maximum Gasteiger partial charge on any atom is 0.0737 e. The zero-order valence-corrected chi connectivity index (χ0v) is 42.3. The van der Waals surface area contributed by atoms with Gasteiger partial charge in [-0.05, 0) is 139 Å². The number of aromatic amines is 2. The fraction of sp³-hybridized carbons (Fsp3) is 0.267. The van der Waals surface area contributed by atoms with Crippen LogP contribution in [0.25, 0.3) is 90.9 Å². The smallest absolute Gasteiger partial charge is 0.0737 e. The number of rotatable bonds is 4. The van der Waals surface area contributed by atoms with Gasteiger partial charge in [-0.25, -0.2) is 9.97 Å². The predicted molar refractivity (Wildman–Crippen MR) is 290 cm³/mol. The molecule has 6 heteroatoms. The molecule has 0 saturated carbocycles. The predicted octanol–water partition coefficient (Wildman–Crippen LogP) is 17.1. The number of H-pyrrole nitrogens is 2. The molecule has 3 aromatic heterocycles. The van der Waals surface area contributed by atoms with Crippen LogP contribution in [0.2, 0.25) is 0 Å². The molecule has 2 N–H and O–H groups in total. The molecular weight excluding hydrogens is 841 g/mol. The van der Waals surface area contributed by atoms with Gasteiger partial charge in [-0.1, -0.05) is 144 Å². The van der Waals surface area contributed by atoms with Crippen LogP contribution in [0, 0.1) is 0 Å². The maximum absolute atomic E-state index is 5.61. The number of benzene rings is 4. The number of hydrogen-bond acceptors (Lipinski definition) is 4. The van der Waals surface area contributed by atoms with Gasteiger partial charge in [0.1, 0.15) is 0 Å². The summed E-state index contributed by atoms with van der Waals surface area (Å²) in [5.41, 5.74) is 20.7. The normalized spacial score (nSPS) is 13.2. The summed E-state index contributed by atoms with van der Waals surface area (Å²) in [6.07, 6.45) is 8.72. The van der Waals surface area contributed by atoms with Crippen LogP contribution in [0.3, 0.4) is 0 Å². The van der Waals surface area contributed by atoms with Gasteiger partial charge in [0.2, 0.25) is 0 Å². The van der Waals surface area contributed by atoms with E-state index in [1.54, 1.807) is 0 Å². The van der Waals surface area contributed by atoms with Crippen LogP contribution in [-0.2, 0) is 21.7 Å². The molecular formula is C60H62N4S2. The van der Waals surface area contributed by atoms with Crippen molar-refractivity contribution in [2.75, 3.05) is 0 Å². The molecule has 0 saturated heterocycles. The number of nitrogens with one attached hydrogen (secondary N) is 2. The standard InChI is InChI=1S/C60H62N4S2/c1-57(2,3)39-29-37(30-40(33-39)58(4,5)6)55-49-25-21-45(61-49)53(35-13-17-43(65)18-14-35)47-23-27-51(63-47)56(38-31-41(59(7,8)9)34-42(32-38)60(10,11)12)52-28-24-48(64-52)54(46-22-26-50(55)62-46)36-15-19-44(66)20-16-36/h13-34,61,64-66H,1-12H3. The van der Waals surface area contributed by atoms with E-state index in [2.05, 4.69) is 227 Å². The molecule has 7 aromatic rings. The molecule has 0 atom stereocenters. The highest BCUT2D eigenvalue weighted by Crippen LogP contribution is 2.42. The second-order valence-corrected chi connectivity index (χ2v) is 23.2. The second-order valence-electron chi connectivity index (χ2n) is 22.2. The third-order valence-electron chi connectivity index (χ3n) is 13.0. The van der Waals surface area contributed by atoms with E-state index in [9.17, 15) is 0 Å². The quantitative estimate of drug-likeness (QED) is 0.133. The highest BCUT2D eigenvalue weighted by atomic mass is 32.1. The minimum atomic E-state index is -0.0781. The Morgan fingerprint density at radius 2 is 0.561 bits per heavy atom. The molecule has 0 radical (unpaired) electrons. The average Bonchev–Trinajstić information content (AvgIpc) is 4.09. The van der Waals surface area contributed by atoms with Crippen LogP contribution >= 0.6 is 25.3 Å². The minimum absolute atomic E-state index is 0.0781. The van der Waals surface area contributed by atoms with Crippen molar-refractivity contribution in [1.29, 1.82) is 0 Å². The fourth-order valence-corrected chi connectivity index (χ4v) is 9.25. The molecule has 9 rings (SSSR count). The van der Waals surface area contributed by atoms with E-state index in [0.717, 1.165) is 99.1 Å². The molecule has 4 nitrogen and oxygen atoms in total. The summed E-state index contributed by atoms with van der Waals surface area (Å²) in [6, 6.07) is 39.8. The van der Waals surface area contributed by atoms with Gasteiger partial charge < -0.3 is 9.97 Å². The van der Waals surface area contributed by atoms with Crippen LogP contribution in [0.4, 0.5) is 0 Å². The molecule has 0 amide bonds. The van der Waals surface area contributed by atoms with Crippen LogP contribution in [0.15, 0.2) is 119 Å². The lowest BCUT2D eigenvalue weighted by molar-refractivity contribution is 0.568. The van der Waals surface area contributed by atoms with E-state index in [1.165, 1.54) is 22.3 Å². The first-order chi connectivity index (χ1) is 31.0. The molecule has 8 bridgehead atoms. The van der Waals surface area contributed by atoms with E-state index in [0.29, 0.717) is 0 Å². The third-order valence-corrected chi connectivity index (χ3v) is 13.6. The summed E-state index contributed by atoms with van der Waals surface area (Å²) in [7, 11) is 0. The third kappa shape index (κ3) is 8.90. The van der Waals surface area contributed by atoms with Crippen molar-refractivity contribution in [3.05, 3.63) is 154 Å². The lowest BCUT2D eigenvalue weighted by Crippen LogP contribution is -2.16. The summed E-state index contributed by atoms with van der Waals surface area (Å²) >= 11 is 9.38. The number of aromatic nitrogens is 4. The highest BCUT2D eigenvalue weighted by Gasteiger charge is 2.26. The zero-order chi connectivity index (χ0) is 47.1. The fourth-order valence-electron chi connectivity index (χ4n) is 8.95. The Morgan fingerprint density at radius 3 is 0.803 bits per heavy atom. The van der Waals surface area contributed by atoms with Crippen molar-refractivity contribution >= 4 is 71.6 Å². The molecule has 4 aromatic carbocycles. The maximum atomic E-state index is 5.61. The molecule has 0 aliphatic carbocycles. The van der Waals surface area contributed by atoms with E-state index < -0.39 is 0 Å². The van der Waals surface area contributed by atoms with Gasteiger partial charge >= 0.3 is 0 Å². The first kappa shape index (κ1) is 45.3. The summed E-state index contributed by atoms with van der Waals surface area (Å²) < 4.78 is 0. The molecule has 2 aliphatic rings. The summed E-state index contributed by atoms with van der Waals surface area (Å²) in [5, 5.41) is 0. The summed E-state index contributed by atoms with van der Waals surface area (Å²) in [6.45, 7) is 27.5. The van der Waals surface area contributed by atoms with Crippen molar-refractivity contribution in [3.63, 3.8) is 0 Å². The van der Waals surface area contributed by atoms with Crippen LogP contribution < -0.4 is 0 Å². The number of thiol groups is 2. The van der Waals surface area contributed by atoms with Crippen molar-refractivity contribution in [2.24, 2.45) is 0 Å². The lowest BCUT2D eigenvalue weighted by Gasteiger charge is -2.26. The Labute approximate surface area is 402 Å². The zero-order valence-electron chi connectivity index (χ0n) is 40.5. The van der Waals surface area contributed by atoms with Gasteiger partial charge in [0.25, 0.3) is 0 Å². The monoisotopic (exact) mass is 902 g/mol. The molecule has 2 aliphatic heterocycles. The molecule has 0 spiro atoms. The van der Waals surface area contributed by atoms with Crippen LogP contribution in [-0.4, -0.2) is 19.9 Å². The van der Waals surface area contributed by atoms with Crippen molar-refractivity contribution in [3.8, 4) is 44.5 Å². The van der Waals surface area contributed by atoms with E-state index in [4.69, 9.17) is 35.2 Å². The summed E-state index contributed by atoms with van der Waals surface area (Å²) in [5.74, 6) is 0. The SMILES string of the molecule is CC(C)(C)c1cc(-c2c3nc(c(-c4ccc(S)cc4)c4ccc([nH]4)c(-c4cc(C(C)(C)C)cc(C(C)(C)C)c4)c4nc(c(-c5ccc(S)cc5)c5ccc2[nH]5)C=C4)C=C3)cc(C(C)(C)C)c1. The second kappa shape index (κ2) is 16.5. The van der Waals surface area contributed by atoms with Gasteiger partial charge in [-0.2, -0.15) is 0 Å². The largest absolute Gasteiger partial charge is 0.354 e. The highest BCUT2D eigenvalue weighted by molar-refractivity contribution is 7.80. The lowest BCUT2D eigenvalue weighted by atomic mass is 9.78. The van der Waals surface area contributed by atoms with E-state index in [1.807, 2.05) is 0 Å². The Bertz CT molecular complexity index is 2990. The van der Waals surface area contributed by atoms with Crippen molar-refractivity contribution in [1.82, 2.24) is 19.9 Å². The van der Waals surface area contributed by atoms with Gasteiger partial charge in [0.15, 0.2) is 0 Å². The van der Waals surface area contributed by atoms with Crippen LogP contribution in [0.5, 0.6) is 0 Å². The van der Waals surface area contributed by atoms with Crippen LogP contribution in [0.1, 0.15) is 128 Å². The molecule has 0 fully saturated rings. The molecule has 66 heavy (non-hydrogen) atoms. The number of nitrogens with zero attached hydrogens (tertiary/aromatic N) is 2. The van der Waals surface area contributed by atoms with Crippen molar-refractivity contribution in [2.45, 2.75) is 115 Å². The molecule has 0 unspecified atom stereocenters. The Morgan fingerprint density at radius 1 is 0.318 bits per heavy atom. The topological polar surface area (TPSA) is 57.4 Å². The van der Waals surface area contributed by atoms with Gasteiger partial charge in [0, 0.05) is 54.1 Å². The average molecular weight is 903 g/mol. The summed E-state index contributed by atoms with van der Waals surface area (Å²) in [4.78, 5) is 21.0. The van der Waals surface area contributed by atoms with Gasteiger partial charge in [-0.15, -0.1) is 25.3 Å². The van der Waals surface area contributed by atoms with E-state index >= 15 is 0 Å². The molecule has 5 heterocycles. The molecule has 334 valence electrons. The van der Waals surface area contributed by atoms with Crippen molar-refractivity contribution < 1.29 is 0 Å². The Balaban J connectivity index is 1.49. The van der Waals surface area contributed by atoms with Gasteiger partial charge in [0.05, 0.1) is 22.8 Å². The Kier molecular flexibility index (Phi) is 11.3. The van der Waals surface area contributed by atoms with Gasteiger partial charge in [-0.3, -0.25) is 0 Å². The number of fused-ring (bicyclic) bond motifs is 8. The minimum Gasteiger partial charge on any atom is -0.354 e. The first-order valence-electron chi connectivity index (χ1n) is 23.1. The first-order valence-corrected chi connectivity index (χ1v) is 24.0. The Hall–Kier alpha value is -5.82. The number of hydrogen-bond donors (Lipinski definition) is 4.